The first kappa shape index (κ1) is 14.6. The molecule has 1 N–H and O–H groups in total. The van der Waals surface area contributed by atoms with Crippen LogP contribution in [0.15, 0.2) is 4.42 Å². The van der Waals surface area contributed by atoms with Crippen LogP contribution < -0.4 is 5.32 Å². The third-order valence-electron chi connectivity index (χ3n) is 3.22. The van der Waals surface area contributed by atoms with Gasteiger partial charge in [-0.2, -0.15) is 5.10 Å². The summed E-state index contributed by atoms with van der Waals surface area (Å²) in [6.45, 7) is 11.1. The Hall–Kier alpha value is -1.85. The van der Waals surface area contributed by atoms with Crippen LogP contribution in [0.4, 0.5) is 6.01 Å². The Morgan fingerprint density at radius 2 is 1.90 bits per heavy atom. The van der Waals surface area contributed by atoms with Gasteiger partial charge in [0.05, 0.1) is 5.69 Å². The summed E-state index contributed by atoms with van der Waals surface area (Å²) in [6, 6.07) is 0.465. The van der Waals surface area contributed by atoms with Crippen LogP contribution in [-0.4, -0.2) is 20.0 Å². The Kier molecular flexibility index (Phi) is 3.83. The minimum atomic E-state index is 0.139. The molecule has 0 bridgehead atoms. The summed E-state index contributed by atoms with van der Waals surface area (Å²) in [5.41, 5.74) is 3.47. The van der Waals surface area contributed by atoms with E-state index in [1.54, 1.807) is 0 Å². The molecule has 2 aromatic heterocycles. The third-order valence-corrected chi connectivity index (χ3v) is 3.22. The van der Waals surface area contributed by atoms with Crippen molar-refractivity contribution in [3.8, 4) is 0 Å². The molecular weight excluding hydrogens is 254 g/mol. The fraction of sp³-hybridized carbons (Fsp3) is 0.643. The van der Waals surface area contributed by atoms with Gasteiger partial charge < -0.3 is 9.73 Å². The van der Waals surface area contributed by atoms with E-state index in [2.05, 4.69) is 48.3 Å². The monoisotopic (exact) mass is 277 g/mol. The van der Waals surface area contributed by atoms with Crippen LogP contribution in [-0.2, 0) is 20.0 Å². The number of hydrogen-bond acceptors (Lipinski definition) is 5. The molecule has 0 aliphatic heterocycles. The zero-order chi connectivity index (χ0) is 14.9. The van der Waals surface area contributed by atoms with Crippen molar-refractivity contribution in [3.05, 3.63) is 22.8 Å². The van der Waals surface area contributed by atoms with Crippen molar-refractivity contribution in [2.24, 2.45) is 12.5 Å². The SMILES string of the molecule is Cc1nn(C)c(C)c1CNc1nnc(CC(C)(C)C)o1. The number of nitrogens with one attached hydrogen (secondary N) is 1. The highest BCUT2D eigenvalue weighted by molar-refractivity contribution is 5.29. The fourth-order valence-corrected chi connectivity index (χ4v) is 2.09. The van der Waals surface area contributed by atoms with E-state index in [4.69, 9.17) is 4.42 Å². The lowest BCUT2D eigenvalue weighted by atomic mass is 9.92. The number of nitrogens with zero attached hydrogens (tertiary/aromatic N) is 4. The minimum absolute atomic E-state index is 0.139. The summed E-state index contributed by atoms with van der Waals surface area (Å²) in [5, 5.41) is 15.6. The normalized spacial score (nSPS) is 11.9. The van der Waals surface area contributed by atoms with Gasteiger partial charge in [-0.05, 0) is 19.3 Å². The maximum atomic E-state index is 5.61. The van der Waals surface area contributed by atoms with Gasteiger partial charge in [-0.25, -0.2) is 0 Å². The lowest BCUT2D eigenvalue weighted by Crippen LogP contribution is -2.09. The number of hydrogen-bond donors (Lipinski definition) is 1. The molecule has 0 amide bonds. The molecule has 0 unspecified atom stereocenters. The maximum absolute atomic E-state index is 5.61. The molecule has 110 valence electrons. The smallest absolute Gasteiger partial charge is 0.315 e. The zero-order valence-corrected chi connectivity index (χ0v) is 13.1. The molecule has 0 aliphatic rings. The second-order valence-electron chi connectivity index (χ2n) is 6.36. The molecule has 2 aromatic rings. The molecular formula is C14H23N5O. The lowest BCUT2D eigenvalue weighted by molar-refractivity contribution is 0.357. The van der Waals surface area contributed by atoms with E-state index in [0.717, 1.165) is 17.8 Å². The maximum Gasteiger partial charge on any atom is 0.315 e. The molecule has 6 nitrogen and oxygen atoms in total. The van der Waals surface area contributed by atoms with E-state index in [1.165, 1.54) is 5.56 Å². The molecule has 0 aliphatic carbocycles. The van der Waals surface area contributed by atoms with Crippen LogP contribution in [0.25, 0.3) is 0 Å². The molecule has 6 heteroatoms. The van der Waals surface area contributed by atoms with Gasteiger partial charge in [0.25, 0.3) is 0 Å². The Bertz CT molecular complexity index is 591. The summed E-state index contributed by atoms with van der Waals surface area (Å²) in [4.78, 5) is 0. The van der Waals surface area contributed by atoms with Crippen LogP contribution in [0.5, 0.6) is 0 Å². The zero-order valence-electron chi connectivity index (χ0n) is 13.1. The summed E-state index contributed by atoms with van der Waals surface area (Å²) in [6.07, 6.45) is 0.770. The van der Waals surface area contributed by atoms with Crippen LogP contribution in [0, 0.1) is 19.3 Å². The predicted molar refractivity (Wildman–Crippen MR) is 77.5 cm³/mol. The molecule has 0 fully saturated rings. The van der Waals surface area contributed by atoms with Gasteiger partial charge in [-0.1, -0.05) is 25.9 Å². The number of anilines is 1. The summed E-state index contributed by atoms with van der Waals surface area (Å²) in [5.74, 6) is 0.666. The quantitative estimate of drug-likeness (QED) is 0.930. The van der Waals surface area contributed by atoms with Gasteiger partial charge in [0.1, 0.15) is 0 Å². The first-order valence-corrected chi connectivity index (χ1v) is 6.81. The molecule has 2 rings (SSSR count). The highest BCUT2D eigenvalue weighted by atomic mass is 16.4. The number of rotatable bonds is 4. The summed E-state index contributed by atoms with van der Waals surface area (Å²) < 4.78 is 7.49. The van der Waals surface area contributed by atoms with Gasteiger partial charge in [0, 0.05) is 31.3 Å². The van der Waals surface area contributed by atoms with Gasteiger partial charge in [-0.15, -0.1) is 5.10 Å². The first-order chi connectivity index (χ1) is 9.26. The van der Waals surface area contributed by atoms with Crippen molar-refractivity contribution in [2.75, 3.05) is 5.32 Å². The van der Waals surface area contributed by atoms with Gasteiger partial charge in [-0.3, -0.25) is 4.68 Å². The van der Waals surface area contributed by atoms with E-state index in [9.17, 15) is 0 Å². The van der Waals surface area contributed by atoms with Crippen molar-refractivity contribution < 1.29 is 4.42 Å². The lowest BCUT2D eigenvalue weighted by Gasteiger charge is -2.14. The highest BCUT2D eigenvalue weighted by Crippen LogP contribution is 2.21. The molecule has 2 heterocycles. The number of aryl methyl sites for hydroxylation is 2. The van der Waals surface area contributed by atoms with Crippen molar-refractivity contribution in [3.63, 3.8) is 0 Å². The Morgan fingerprint density at radius 3 is 2.45 bits per heavy atom. The predicted octanol–water partition coefficient (Wildman–Crippen LogP) is 2.62. The minimum Gasteiger partial charge on any atom is -0.408 e. The molecule has 0 saturated carbocycles. The molecule has 0 atom stereocenters. The molecule has 0 spiro atoms. The van der Waals surface area contributed by atoms with Crippen LogP contribution >= 0.6 is 0 Å². The Balaban J connectivity index is 2.01. The van der Waals surface area contributed by atoms with Crippen LogP contribution in [0.2, 0.25) is 0 Å². The second-order valence-corrected chi connectivity index (χ2v) is 6.36. The molecule has 0 saturated heterocycles. The Morgan fingerprint density at radius 1 is 1.20 bits per heavy atom. The van der Waals surface area contributed by atoms with Gasteiger partial charge >= 0.3 is 6.01 Å². The van der Waals surface area contributed by atoms with Crippen molar-refractivity contribution in [1.29, 1.82) is 0 Å². The molecule has 0 aromatic carbocycles. The first-order valence-electron chi connectivity index (χ1n) is 6.81. The largest absolute Gasteiger partial charge is 0.408 e. The fourth-order valence-electron chi connectivity index (χ4n) is 2.09. The summed E-state index contributed by atoms with van der Waals surface area (Å²) >= 11 is 0. The van der Waals surface area contributed by atoms with E-state index in [0.29, 0.717) is 18.5 Å². The molecule has 20 heavy (non-hydrogen) atoms. The van der Waals surface area contributed by atoms with E-state index < -0.39 is 0 Å². The van der Waals surface area contributed by atoms with E-state index >= 15 is 0 Å². The van der Waals surface area contributed by atoms with Crippen molar-refractivity contribution >= 4 is 6.01 Å². The topological polar surface area (TPSA) is 68.8 Å². The molecule has 0 radical (unpaired) electrons. The van der Waals surface area contributed by atoms with Crippen LogP contribution in [0.3, 0.4) is 0 Å². The van der Waals surface area contributed by atoms with Gasteiger partial charge in [0.15, 0.2) is 0 Å². The standard InChI is InChI=1S/C14H23N5O/c1-9-11(10(2)19(6)18-9)8-15-13-17-16-12(20-13)7-14(3,4)5/h7-8H2,1-6H3,(H,15,17). The van der Waals surface area contributed by atoms with E-state index in [1.807, 2.05) is 18.7 Å². The second kappa shape index (κ2) is 5.26. The van der Waals surface area contributed by atoms with E-state index in [-0.39, 0.29) is 5.41 Å². The average Bonchev–Trinajstić information content (AvgIpc) is 2.82. The van der Waals surface area contributed by atoms with Crippen molar-refractivity contribution in [2.45, 2.75) is 47.6 Å². The van der Waals surface area contributed by atoms with Gasteiger partial charge in [0.2, 0.25) is 5.89 Å². The van der Waals surface area contributed by atoms with Crippen molar-refractivity contribution in [1.82, 2.24) is 20.0 Å². The third kappa shape index (κ3) is 3.37. The number of aromatic nitrogens is 4. The van der Waals surface area contributed by atoms with Crippen LogP contribution in [0.1, 0.15) is 43.6 Å². The Labute approximate surface area is 119 Å². The average molecular weight is 277 g/mol. The summed E-state index contributed by atoms with van der Waals surface area (Å²) in [7, 11) is 1.94. The highest BCUT2D eigenvalue weighted by Gasteiger charge is 2.17.